The largest absolute Gasteiger partial charge is 0.355 e. The van der Waals surface area contributed by atoms with Crippen molar-refractivity contribution in [3.8, 4) is 0 Å². The molecule has 2 N–H and O–H groups in total. The van der Waals surface area contributed by atoms with E-state index in [-0.39, 0.29) is 0 Å². The molecule has 0 aliphatic carbocycles. The highest BCUT2D eigenvalue weighted by molar-refractivity contribution is 5.81. The molecule has 0 radical (unpaired) electrons. The number of aliphatic imine (C=N–C) groups is 1. The van der Waals surface area contributed by atoms with E-state index in [0.29, 0.717) is 0 Å². The molecule has 2 rings (SSSR count). The van der Waals surface area contributed by atoms with Crippen molar-refractivity contribution in [3.63, 3.8) is 0 Å². The average molecular weight is 201 g/mol. The summed E-state index contributed by atoms with van der Waals surface area (Å²) in [5.74, 6) is 0.905. The molecule has 0 bridgehead atoms. The maximum atomic E-state index is 4.26. The summed E-state index contributed by atoms with van der Waals surface area (Å²) in [6.07, 6.45) is 1.85. The van der Waals surface area contributed by atoms with E-state index in [1.54, 1.807) is 0 Å². The maximum Gasteiger partial charge on any atom is 0.191 e. The summed E-state index contributed by atoms with van der Waals surface area (Å²) in [6, 6.07) is 8.32. The van der Waals surface area contributed by atoms with Crippen LogP contribution in [-0.4, -0.2) is 19.0 Å². The molecule has 0 saturated heterocycles. The summed E-state index contributed by atoms with van der Waals surface area (Å²) in [6.45, 7) is 6.35. The number of nitrogens with zero attached hydrogens (tertiary/aromatic N) is 1. The molecule has 0 atom stereocenters. The normalized spacial score (nSPS) is 14.3. The first-order valence-electron chi connectivity index (χ1n) is 5.12. The van der Waals surface area contributed by atoms with Crippen LogP contribution in [0.1, 0.15) is 11.1 Å². The molecular weight excluding hydrogens is 186 g/mol. The van der Waals surface area contributed by atoms with Gasteiger partial charge in [-0.25, -0.2) is 0 Å². The Bertz CT molecular complexity index is 365. The predicted octanol–water partition coefficient (Wildman–Crippen LogP) is 1.38. The highest BCUT2D eigenvalue weighted by Gasteiger charge is 2.02. The molecule has 0 fully saturated rings. The summed E-state index contributed by atoms with van der Waals surface area (Å²) in [7, 11) is 0. The second kappa shape index (κ2) is 4.64. The first kappa shape index (κ1) is 9.77. The lowest BCUT2D eigenvalue weighted by Gasteiger charge is -2.06. The standard InChI is InChI=1S/C12H15N3/c1-2-10-3-5-11(6-4-10)9-15-12-13-7-8-14-12/h2-6H,1,7-9H2,(H2,13,14,15). The predicted molar refractivity (Wildman–Crippen MR) is 63.7 cm³/mol. The van der Waals surface area contributed by atoms with Crippen LogP contribution >= 0.6 is 0 Å². The Kier molecular flexibility index (Phi) is 3.02. The van der Waals surface area contributed by atoms with Gasteiger partial charge in [0.1, 0.15) is 0 Å². The molecule has 1 aliphatic rings. The van der Waals surface area contributed by atoms with Gasteiger partial charge in [0.2, 0.25) is 0 Å². The van der Waals surface area contributed by atoms with E-state index in [0.717, 1.165) is 31.2 Å². The van der Waals surface area contributed by atoms with Gasteiger partial charge >= 0.3 is 0 Å². The molecule has 0 spiro atoms. The van der Waals surface area contributed by atoms with Crippen LogP contribution in [0.4, 0.5) is 0 Å². The summed E-state index contributed by atoms with van der Waals surface area (Å²) in [5.41, 5.74) is 2.40. The fourth-order valence-electron chi connectivity index (χ4n) is 1.47. The van der Waals surface area contributed by atoms with Gasteiger partial charge in [-0.3, -0.25) is 4.99 Å². The van der Waals surface area contributed by atoms with Gasteiger partial charge < -0.3 is 10.6 Å². The second-order valence-electron chi connectivity index (χ2n) is 3.46. The van der Waals surface area contributed by atoms with E-state index in [2.05, 4.69) is 46.5 Å². The maximum absolute atomic E-state index is 4.26. The topological polar surface area (TPSA) is 36.4 Å². The summed E-state index contributed by atoms with van der Waals surface area (Å²) in [4.78, 5) is 4.26. The lowest BCUT2D eigenvalue weighted by Crippen LogP contribution is -2.33. The Hall–Kier alpha value is -1.77. The summed E-state index contributed by atoms with van der Waals surface area (Å²) in [5, 5.41) is 6.42. The van der Waals surface area contributed by atoms with Gasteiger partial charge in [0.25, 0.3) is 0 Å². The van der Waals surface area contributed by atoms with Crippen LogP contribution in [0.25, 0.3) is 6.08 Å². The molecule has 0 unspecified atom stereocenters. The van der Waals surface area contributed by atoms with Crippen LogP contribution in [0.3, 0.4) is 0 Å². The fraction of sp³-hybridized carbons (Fsp3) is 0.250. The van der Waals surface area contributed by atoms with E-state index in [1.807, 2.05) is 6.08 Å². The Morgan fingerprint density at radius 2 is 2.20 bits per heavy atom. The van der Waals surface area contributed by atoms with Crippen LogP contribution < -0.4 is 10.6 Å². The monoisotopic (exact) mass is 201 g/mol. The first-order chi connectivity index (χ1) is 7.38. The van der Waals surface area contributed by atoms with Gasteiger partial charge in [-0.2, -0.15) is 0 Å². The molecule has 15 heavy (non-hydrogen) atoms. The summed E-state index contributed by atoms with van der Waals surface area (Å²) < 4.78 is 0. The molecule has 3 nitrogen and oxygen atoms in total. The molecule has 1 aromatic rings. The van der Waals surface area contributed by atoms with Crippen molar-refractivity contribution in [3.05, 3.63) is 42.0 Å². The van der Waals surface area contributed by atoms with Crippen LogP contribution in [0.15, 0.2) is 35.8 Å². The van der Waals surface area contributed by atoms with Gasteiger partial charge in [-0.1, -0.05) is 36.9 Å². The third kappa shape index (κ3) is 2.59. The summed E-state index contributed by atoms with van der Waals surface area (Å²) >= 11 is 0. The van der Waals surface area contributed by atoms with E-state index < -0.39 is 0 Å². The zero-order valence-electron chi connectivity index (χ0n) is 8.66. The van der Waals surface area contributed by atoms with Crippen molar-refractivity contribution in [2.75, 3.05) is 13.1 Å². The fourth-order valence-corrected chi connectivity index (χ4v) is 1.47. The number of hydrogen-bond donors (Lipinski definition) is 2. The molecule has 0 amide bonds. The molecule has 3 heteroatoms. The van der Waals surface area contributed by atoms with Gasteiger partial charge in [0, 0.05) is 13.1 Å². The molecule has 1 aliphatic heterocycles. The zero-order chi connectivity index (χ0) is 10.5. The first-order valence-corrected chi connectivity index (χ1v) is 5.12. The van der Waals surface area contributed by atoms with E-state index in [1.165, 1.54) is 5.56 Å². The van der Waals surface area contributed by atoms with Crippen molar-refractivity contribution in [1.29, 1.82) is 0 Å². The minimum absolute atomic E-state index is 0.809. The smallest absolute Gasteiger partial charge is 0.191 e. The highest BCUT2D eigenvalue weighted by atomic mass is 15.2. The van der Waals surface area contributed by atoms with Gasteiger partial charge in [-0.15, -0.1) is 0 Å². The van der Waals surface area contributed by atoms with Crippen LogP contribution in [0, 0.1) is 0 Å². The van der Waals surface area contributed by atoms with Crippen LogP contribution in [0.5, 0.6) is 0 Å². The molecule has 0 aromatic heterocycles. The van der Waals surface area contributed by atoms with Crippen molar-refractivity contribution in [1.82, 2.24) is 10.6 Å². The number of hydrogen-bond acceptors (Lipinski definition) is 3. The van der Waals surface area contributed by atoms with Crippen molar-refractivity contribution in [2.24, 2.45) is 4.99 Å². The molecule has 1 aromatic carbocycles. The van der Waals surface area contributed by atoms with Crippen molar-refractivity contribution in [2.45, 2.75) is 6.54 Å². The lowest BCUT2D eigenvalue weighted by atomic mass is 10.1. The van der Waals surface area contributed by atoms with Crippen molar-refractivity contribution >= 4 is 12.0 Å². The van der Waals surface area contributed by atoms with E-state index >= 15 is 0 Å². The third-order valence-electron chi connectivity index (χ3n) is 2.35. The molecule has 1 heterocycles. The minimum atomic E-state index is 0.809. The number of guanidine groups is 1. The van der Waals surface area contributed by atoms with Crippen LogP contribution in [-0.2, 0) is 6.54 Å². The van der Waals surface area contributed by atoms with E-state index in [4.69, 9.17) is 0 Å². The lowest BCUT2D eigenvalue weighted by molar-refractivity contribution is 0.867. The Morgan fingerprint density at radius 1 is 1.40 bits per heavy atom. The SMILES string of the molecule is C=Cc1ccc(CNC2=NCCN2)cc1. The molecule has 78 valence electrons. The third-order valence-corrected chi connectivity index (χ3v) is 2.35. The Balaban J connectivity index is 1.90. The van der Waals surface area contributed by atoms with Gasteiger partial charge in [0.15, 0.2) is 5.96 Å². The highest BCUT2D eigenvalue weighted by Crippen LogP contribution is 2.05. The molecular formula is C12H15N3. The number of benzene rings is 1. The minimum Gasteiger partial charge on any atom is -0.355 e. The van der Waals surface area contributed by atoms with Gasteiger partial charge in [0.05, 0.1) is 6.54 Å². The Morgan fingerprint density at radius 3 is 2.80 bits per heavy atom. The quantitative estimate of drug-likeness (QED) is 0.775. The Labute approximate surface area is 89.9 Å². The van der Waals surface area contributed by atoms with Crippen molar-refractivity contribution < 1.29 is 0 Å². The van der Waals surface area contributed by atoms with E-state index in [9.17, 15) is 0 Å². The number of rotatable bonds is 3. The average Bonchev–Trinajstić information content (AvgIpc) is 2.80. The zero-order valence-corrected chi connectivity index (χ0v) is 8.66. The molecule has 0 saturated carbocycles. The second-order valence-corrected chi connectivity index (χ2v) is 3.46. The van der Waals surface area contributed by atoms with Gasteiger partial charge in [-0.05, 0) is 11.1 Å². The van der Waals surface area contributed by atoms with Crippen LogP contribution in [0.2, 0.25) is 0 Å². The number of nitrogens with one attached hydrogen (secondary N) is 2.